The molecule has 0 bridgehead atoms. The highest BCUT2D eigenvalue weighted by Crippen LogP contribution is 2.26. The summed E-state index contributed by atoms with van der Waals surface area (Å²) in [6, 6.07) is 4.84. The van der Waals surface area contributed by atoms with E-state index in [0.717, 1.165) is 6.08 Å². The van der Waals surface area contributed by atoms with E-state index in [1.54, 1.807) is 0 Å². The highest BCUT2D eigenvalue weighted by atomic mass is 16.5. The number of methoxy groups -OCH3 is 1. The molecular weight excluding hydrogens is 222 g/mol. The lowest BCUT2D eigenvalue weighted by Gasteiger charge is -2.07. The van der Waals surface area contributed by atoms with E-state index in [0.29, 0.717) is 11.8 Å². The summed E-state index contributed by atoms with van der Waals surface area (Å²) >= 11 is 0. The fourth-order valence-electron chi connectivity index (χ4n) is 1.34. The van der Waals surface area contributed by atoms with Crippen molar-refractivity contribution in [1.29, 1.82) is 5.26 Å². The molecule has 5 nitrogen and oxygen atoms in total. The fourth-order valence-corrected chi connectivity index (χ4v) is 1.34. The average molecular weight is 231 g/mol. The van der Waals surface area contributed by atoms with Crippen LogP contribution < -0.4 is 4.74 Å². The Hall–Kier alpha value is -2.61. The summed E-state index contributed by atoms with van der Waals surface area (Å²) in [5.41, 5.74) is 0.767. The minimum atomic E-state index is -1.12. The SMILES string of the molecule is COc1c(C=O)ccc(/C=C/C(=O)O)c1C#N. The van der Waals surface area contributed by atoms with Gasteiger partial charge in [0, 0.05) is 6.08 Å². The molecule has 0 aliphatic carbocycles. The maximum Gasteiger partial charge on any atom is 0.328 e. The predicted octanol–water partition coefficient (Wildman–Crippen LogP) is 1.48. The molecule has 17 heavy (non-hydrogen) atoms. The second-order valence-electron chi connectivity index (χ2n) is 3.05. The van der Waals surface area contributed by atoms with E-state index in [1.165, 1.54) is 25.3 Å². The lowest BCUT2D eigenvalue weighted by Crippen LogP contribution is -1.97. The number of nitriles is 1. The van der Waals surface area contributed by atoms with Gasteiger partial charge in [-0.25, -0.2) is 4.79 Å². The Bertz CT molecular complexity index is 526. The molecule has 0 aliphatic rings. The molecule has 86 valence electrons. The zero-order valence-corrected chi connectivity index (χ0v) is 9.01. The number of benzene rings is 1. The van der Waals surface area contributed by atoms with Crippen molar-refractivity contribution in [2.45, 2.75) is 0 Å². The van der Waals surface area contributed by atoms with Crippen LogP contribution in [0.1, 0.15) is 21.5 Å². The van der Waals surface area contributed by atoms with Gasteiger partial charge in [-0.15, -0.1) is 0 Å². The Morgan fingerprint density at radius 1 is 1.47 bits per heavy atom. The second-order valence-corrected chi connectivity index (χ2v) is 3.05. The van der Waals surface area contributed by atoms with E-state index in [4.69, 9.17) is 15.1 Å². The molecule has 0 fully saturated rings. The molecule has 0 spiro atoms. The van der Waals surface area contributed by atoms with E-state index in [9.17, 15) is 9.59 Å². The molecule has 5 heteroatoms. The van der Waals surface area contributed by atoms with Crippen molar-refractivity contribution in [2.24, 2.45) is 0 Å². The maximum atomic E-state index is 10.7. The first-order valence-corrected chi connectivity index (χ1v) is 4.61. The van der Waals surface area contributed by atoms with Gasteiger partial charge in [0.2, 0.25) is 0 Å². The van der Waals surface area contributed by atoms with Crippen LogP contribution >= 0.6 is 0 Å². The van der Waals surface area contributed by atoms with Gasteiger partial charge in [0.25, 0.3) is 0 Å². The molecule has 1 aromatic carbocycles. The summed E-state index contributed by atoms with van der Waals surface area (Å²) in [6.07, 6.45) is 2.76. The van der Waals surface area contributed by atoms with E-state index in [-0.39, 0.29) is 16.9 Å². The zero-order valence-electron chi connectivity index (χ0n) is 9.01. The summed E-state index contributed by atoms with van der Waals surface area (Å²) < 4.78 is 4.97. The Morgan fingerprint density at radius 3 is 2.59 bits per heavy atom. The fraction of sp³-hybridized carbons (Fsp3) is 0.0833. The third kappa shape index (κ3) is 2.69. The quantitative estimate of drug-likeness (QED) is 0.626. The summed E-state index contributed by atoms with van der Waals surface area (Å²) in [5.74, 6) is -0.970. The summed E-state index contributed by atoms with van der Waals surface area (Å²) in [7, 11) is 1.34. The highest BCUT2D eigenvalue weighted by Gasteiger charge is 2.12. The van der Waals surface area contributed by atoms with Crippen LogP contribution in [0.25, 0.3) is 6.08 Å². The molecule has 0 unspecified atom stereocenters. The van der Waals surface area contributed by atoms with E-state index in [2.05, 4.69) is 0 Å². The number of carbonyl (C=O) groups is 2. The van der Waals surface area contributed by atoms with Gasteiger partial charge < -0.3 is 9.84 Å². The lowest BCUT2D eigenvalue weighted by molar-refractivity contribution is -0.131. The molecule has 0 radical (unpaired) electrons. The standard InChI is InChI=1S/C12H9NO4/c1-17-12-9(7-14)3-2-8(10(12)6-13)4-5-11(15)16/h2-5,7H,1H3,(H,15,16)/b5-4+. The lowest BCUT2D eigenvalue weighted by atomic mass is 10.0. The first kappa shape index (κ1) is 12.5. The molecule has 0 heterocycles. The Balaban J connectivity index is 3.39. The maximum absolute atomic E-state index is 10.7. The summed E-state index contributed by atoms with van der Waals surface area (Å²) in [4.78, 5) is 21.1. The largest absolute Gasteiger partial charge is 0.495 e. The number of carboxylic acids is 1. The Kier molecular flexibility index (Phi) is 4.01. The van der Waals surface area contributed by atoms with Crippen molar-refractivity contribution in [2.75, 3.05) is 7.11 Å². The predicted molar refractivity (Wildman–Crippen MR) is 59.8 cm³/mol. The van der Waals surface area contributed by atoms with Crippen LogP contribution in [-0.2, 0) is 4.79 Å². The molecule has 0 amide bonds. The third-order valence-corrected chi connectivity index (χ3v) is 2.07. The number of hydrogen-bond donors (Lipinski definition) is 1. The number of hydrogen-bond acceptors (Lipinski definition) is 4. The molecule has 0 saturated carbocycles. The highest BCUT2D eigenvalue weighted by molar-refractivity contribution is 5.88. The van der Waals surface area contributed by atoms with Gasteiger partial charge in [-0.2, -0.15) is 5.26 Å². The summed E-state index contributed by atoms with van der Waals surface area (Å²) in [5, 5.41) is 17.5. The Morgan fingerprint density at radius 2 is 2.12 bits per heavy atom. The normalized spacial score (nSPS) is 9.88. The van der Waals surface area contributed by atoms with Gasteiger partial charge in [-0.1, -0.05) is 6.07 Å². The number of aliphatic carboxylic acids is 1. The van der Waals surface area contributed by atoms with Gasteiger partial charge in [-0.05, 0) is 17.7 Å². The molecule has 0 aromatic heterocycles. The molecule has 0 aliphatic heterocycles. The van der Waals surface area contributed by atoms with E-state index >= 15 is 0 Å². The van der Waals surface area contributed by atoms with Crippen LogP contribution in [0, 0.1) is 11.3 Å². The van der Waals surface area contributed by atoms with Gasteiger partial charge in [0.05, 0.1) is 12.7 Å². The van der Waals surface area contributed by atoms with Crippen molar-refractivity contribution in [3.8, 4) is 11.8 Å². The number of carboxylic acid groups (broad SMARTS) is 1. The minimum Gasteiger partial charge on any atom is -0.495 e. The molecular formula is C12H9NO4. The topological polar surface area (TPSA) is 87.4 Å². The van der Waals surface area contributed by atoms with Crippen molar-refractivity contribution in [1.82, 2.24) is 0 Å². The molecule has 1 aromatic rings. The molecule has 0 atom stereocenters. The number of ether oxygens (including phenoxy) is 1. The van der Waals surface area contributed by atoms with Gasteiger partial charge in [0.15, 0.2) is 6.29 Å². The number of rotatable bonds is 4. The van der Waals surface area contributed by atoms with Crippen LogP contribution in [0.5, 0.6) is 5.75 Å². The smallest absolute Gasteiger partial charge is 0.328 e. The molecule has 1 rings (SSSR count). The van der Waals surface area contributed by atoms with Crippen molar-refractivity contribution in [3.05, 3.63) is 34.9 Å². The zero-order chi connectivity index (χ0) is 12.8. The first-order valence-electron chi connectivity index (χ1n) is 4.61. The van der Waals surface area contributed by atoms with Gasteiger partial charge in [-0.3, -0.25) is 4.79 Å². The van der Waals surface area contributed by atoms with Crippen LogP contribution in [-0.4, -0.2) is 24.5 Å². The van der Waals surface area contributed by atoms with Crippen molar-refractivity contribution < 1.29 is 19.4 Å². The number of nitrogens with zero attached hydrogens (tertiary/aromatic N) is 1. The number of carbonyl (C=O) groups excluding carboxylic acids is 1. The monoisotopic (exact) mass is 231 g/mol. The van der Waals surface area contributed by atoms with Crippen LogP contribution in [0.4, 0.5) is 0 Å². The summed E-state index contributed by atoms with van der Waals surface area (Å²) in [6.45, 7) is 0. The van der Waals surface area contributed by atoms with Crippen LogP contribution in [0.15, 0.2) is 18.2 Å². The van der Waals surface area contributed by atoms with Crippen LogP contribution in [0.2, 0.25) is 0 Å². The third-order valence-electron chi connectivity index (χ3n) is 2.07. The van der Waals surface area contributed by atoms with Gasteiger partial charge in [0.1, 0.15) is 17.4 Å². The van der Waals surface area contributed by atoms with Gasteiger partial charge >= 0.3 is 5.97 Å². The Labute approximate surface area is 97.6 Å². The van der Waals surface area contributed by atoms with E-state index in [1.807, 2.05) is 6.07 Å². The van der Waals surface area contributed by atoms with Crippen molar-refractivity contribution in [3.63, 3.8) is 0 Å². The van der Waals surface area contributed by atoms with E-state index < -0.39 is 5.97 Å². The van der Waals surface area contributed by atoms with Crippen molar-refractivity contribution >= 4 is 18.3 Å². The number of aldehydes is 1. The minimum absolute atomic E-state index is 0.134. The molecule has 1 N–H and O–H groups in total. The second kappa shape index (κ2) is 5.47. The van der Waals surface area contributed by atoms with Crippen LogP contribution in [0.3, 0.4) is 0 Å². The average Bonchev–Trinajstić information content (AvgIpc) is 2.34. The molecule has 0 saturated heterocycles. The first-order chi connectivity index (χ1) is 8.13.